The Hall–Kier alpha value is -3.16. The number of H-pyrrole nitrogens is 1. The van der Waals surface area contributed by atoms with Gasteiger partial charge in [-0.05, 0) is 24.6 Å². The van der Waals surface area contributed by atoms with Crippen LogP contribution in [0.15, 0.2) is 36.5 Å². The Balaban J connectivity index is 1.62. The summed E-state index contributed by atoms with van der Waals surface area (Å²) in [7, 11) is 3.55. The highest BCUT2D eigenvalue weighted by molar-refractivity contribution is 5.94. The molecule has 2 atom stereocenters. The van der Waals surface area contributed by atoms with Crippen LogP contribution in [0.1, 0.15) is 24.6 Å². The number of rotatable bonds is 3. The van der Waals surface area contributed by atoms with Gasteiger partial charge in [-0.15, -0.1) is 0 Å². The van der Waals surface area contributed by atoms with Crippen molar-refractivity contribution in [3.8, 4) is 0 Å². The molecular formula is C18H20N6O2. The molecule has 8 heteroatoms. The Morgan fingerprint density at radius 1 is 1.27 bits per heavy atom. The third kappa shape index (κ3) is 2.73. The van der Waals surface area contributed by atoms with Crippen LogP contribution in [0.4, 0.5) is 5.95 Å². The molecule has 0 spiro atoms. The third-order valence-electron chi connectivity index (χ3n) is 4.99. The molecule has 4 rings (SSSR count). The molecule has 8 nitrogen and oxygen atoms in total. The molecule has 0 radical (unpaired) electrons. The molecule has 1 aliphatic rings. The number of para-hydroxylation sites is 2. The summed E-state index contributed by atoms with van der Waals surface area (Å²) in [5, 5.41) is 7.06. The normalized spacial score (nSPS) is 20.5. The van der Waals surface area contributed by atoms with E-state index in [2.05, 4.69) is 20.4 Å². The van der Waals surface area contributed by atoms with Crippen molar-refractivity contribution in [2.45, 2.75) is 18.9 Å². The number of aromatic amines is 1. The number of carbonyl (C=O) groups excluding carboxylic acids is 2. The van der Waals surface area contributed by atoms with Gasteiger partial charge in [-0.3, -0.25) is 19.6 Å². The van der Waals surface area contributed by atoms with Crippen LogP contribution in [-0.4, -0.2) is 43.5 Å². The summed E-state index contributed by atoms with van der Waals surface area (Å²) in [6, 6.07) is 9.09. The number of piperidine rings is 1. The van der Waals surface area contributed by atoms with Crippen molar-refractivity contribution in [3.63, 3.8) is 0 Å². The molecule has 3 heterocycles. The van der Waals surface area contributed by atoms with E-state index in [0.29, 0.717) is 18.8 Å². The summed E-state index contributed by atoms with van der Waals surface area (Å²) < 4.78 is 1.71. The maximum Gasteiger partial charge on any atom is 0.232 e. The molecule has 26 heavy (non-hydrogen) atoms. The monoisotopic (exact) mass is 352 g/mol. The van der Waals surface area contributed by atoms with Crippen LogP contribution >= 0.6 is 0 Å². The number of hydrogen-bond donors (Lipinski definition) is 2. The largest absolute Gasteiger partial charge is 0.336 e. The number of benzene rings is 1. The van der Waals surface area contributed by atoms with Gasteiger partial charge in [0, 0.05) is 26.7 Å². The highest BCUT2D eigenvalue weighted by Gasteiger charge is 2.40. The van der Waals surface area contributed by atoms with Gasteiger partial charge in [-0.1, -0.05) is 12.1 Å². The molecule has 0 bridgehead atoms. The highest BCUT2D eigenvalue weighted by Crippen LogP contribution is 2.36. The molecule has 1 aliphatic heterocycles. The molecule has 0 aliphatic carbocycles. The number of anilines is 1. The number of likely N-dealkylation sites (tertiary alicyclic amines) is 1. The SMILES string of the molecule is CN1C(=O)CC[C@@H](C(=O)Nc2nc3ccccc3[nH]2)[C@@H]1c1ccnn1C. The smallest absolute Gasteiger partial charge is 0.232 e. The second kappa shape index (κ2) is 6.29. The molecule has 2 N–H and O–H groups in total. The van der Waals surface area contributed by atoms with Gasteiger partial charge in [0.15, 0.2) is 0 Å². The minimum Gasteiger partial charge on any atom is -0.336 e. The van der Waals surface area contributed by atoms with Crippen LogP contribution < -0.4 is 5.32 Å². The van der Waals surface area contributed by atoms with Crippen molar-refractivity contribution >= 4 is 28.8 Å². The van der Waals surface area contributed by atoms with Crippen LogP contribution in [0.2, 0.25) is 0 Å². The second-order valence-corrected chi connectivity index (χ2v) is 6.57. The van der Waals surface area contributed by atoms with Crippen molar-refractivity contribution in [1.29, 1.82) is 0 Å². The average molecular weight is 352 g/mol. The first kappa shape index (κ1) is 16.3. The van der Waals surface area contributed by atoms with Crippen molar-refractivity contribution < 1.29 is 9.59 Å². The van der Waals surface area contributed by atoms with Gasteiger partial charge in [0.05, 0.1) is 28.7 Å². The number of amides is 2. The summed E-state index contributed by atoms with van der Waals surface area (Å²) in [5.74, 6) is -0.0839. The summed E-state index contributed by atoms with van der Waals surface area (Å²) >= 11 is 0. The number of fused-ring (bicyclic) bond motifs is 1. The molecule has 2 aromatic heterocycles. The highest BCUT2D eigenvalue weighted by atomic mass is 16.2. The van der Waals surface area contributed by atoms with Crippen molar-refractivity contribution in [2.24, 2.45) is 13.0 Å². The van der Waals surface area contributed by atoms with Gasteiger partial charge in [0.2, 0.25) is 17.8 Å². The van der Waals surface area contributed by atoms with Gasteiger partial charge in [0.25, 0.3) is 0 Å². The molecule has 0 unspecified atom stereocenters. The second-order valence-electron chi connectivity index (χ2n) is 6.57. The Bertz CT molecular complexity index is 942. The van der Waals surface area contributed by atoms with Gasteiger partial charge in [0.1, 0.15) is 0 Å². The lowest BCUT2D eigenvalue weighted by Gasteiger charge is -2.38. The van der Waals surface area contributed by atoms with Crippen LogP contribution in [0, 0.1) is 5.92 Å². The van der Waals surface area contributed by atoms with Crippen molar-refractivity contribution in [2.75, 3.05) is 12.4 Å². The van der Waals surface area contributed by atoms with Gasteiger partial charge in [-0.25, -0.2) is 4.98 Å². The van der Waals surface area contributed by atoms with Crippen LogP contribution in [0.5, 0.6) is 0 Å². The first-order chi connectivity index (χ1) is 12.5. The molecule has 3 aromatic rings. The maximum atomic E-state index is 13.0. The predicted molar refractivity (Wildman–Crippen MR) is 96.2 cm³/mol. The number of hydrogen-bond acceptors (Lipinski definition) is 4. The Labute approximate surface area is 150 Å². The fourth-order valence-electron chi connectivity index (χ4n) is 3.61. The van der Waals surface area contributed by atoms with Crippen LogP contribution in [0.25, 0.3) is 11.0 Å². The van der Waals surface area contributed by atoms with Crippen molar-refractivity contribution in [1.82, 2.24) is 24.6 Å². The number of imidazole rings is 1. The van der Waals surface area contributed by atoms with E-state index in [1.54, 1.807) is 22.8 Å². The number of aryl methyl sites for hydroxylation is 1. The van der Waals surface area contributed by atoms with E-state index in [1.165, 1.54) is 0 Å². The van der Waals surface area contributed by atoms with Gasteiger partial charge < -0.3 is 9.88 Å². The summed E-state index contributed by atoms with van der Waals surface area (Å²) in [4.78, 5) is 34.3. The zero-order chi connectivity index (χ0) is 18.3. The Morgan fingerprint density at radius 2 is 2.08 bits per heavy atom. The van der Waals surface area contributed by atoms with Crippen LogP contribution in [-0.2, 0) is 16.6 Å². The summed E-state index contributed by atoms with van der Waals surface area (Å²) in [5.41, 5.74) is 2.49. The summed E-state index contributed by atoms with van der Waals surface area (Å²) in [6.07, 6.45) is 2.52. The lowest BCUT2D eigenvalue weighted by molar-refractivity contribution is -0.140. The van der Waals surface area contributed by atoms with Gasteiger partial charge >= 0.3 is 0 Å². The predicted octanol–water partition coefficient (Wildman–Crippen LogP) is 1.84. The minimum absolute atomic E-state index is 0.0315. The fraction of sp³-hybridized carbons (Fsp3) is 0.333. The molecule has 2 amide bonds. The number of nitrogens with one attached hydrogen (secondary N) is 2. The van der Waals surface area contributed by atoms with E-state index < -0.39 is 0 Å². The van der Waals surface area contributed by atoms with Crippen LogP contribution in [0.3, 0.4) is 0 Å². The summed E-state index contributed by atoms with van der Waals surface area (Å²) in [6.45, 7) is 0. The van der Waals surface area contributed by atoms with E-state index >= 15 is 0 Å². The number of aromatic nitrogens is 4. The Kier molecular flexibility index (Phi) is 3.95. The standard InChI is InChI=1S/C18H20N6O2/c1-23-15(25)8-7-11(16(23)14-9-10-19-24(14)2)17(26)22-18-20-12-5-3-4-6-13(12)21-18/h3-6,9-11,16H,7-8H2,1-2H3,(H2,20,21,22,26)/t11-,16-/m1/s1. The first-order valence-corrected chi connectivity index (χ1v) is 8.54. The molecule has 134 valence electrons. The number of nitrogens with zero attached hydrogens (tertiary/aromatic N) is 4. The zero-order valence-electron chi connectivity index (χ0n) is 14.6. The lowest BCUT2D eigenvalue weighted by Crippen LogP contribution is -2.45. The molecule has 1 aromatic carbocycles. The topological polar surface area (TPSA) is 95.9 Å². The van der Waals surface area contributed by atoms with Crippen molar-refractivity contribution in [3.05, 3.63) is 42.2 Å². The quantitative estimate of drug-likeness (QED) is 0.752. The van der Waals surface area contributed by atoms with E-state index in [1.807, 2.05) is 37.4 Å². The lowest BCUT2D eigenvalue weighted by atomic mass is 9.86. The molecule has 0 saturated carbocycles. The zero-order valence-corrected chi connectivity index (χ0v) is 14.6. The first-order valence-electron chi connectivity index (χ1n) is 8.54. The fourth-order valence-corrected chi connectivity index (χ4v) is 3.61. The van der Waals surface area contributed by atoms with E-state index in [4.69, 9.17) is 0 Å². The molecule has 1 saturated heterocycles. The van der Waals surface area contributed by atoms with E-state index in [-0.39, 0.29) is 23.8 Å². The van der Waals surface area contributed by atoms with Gasteiger partial charge in [-0.2, -0.15) is 5.10 Å². The average Bonchev–Trinajstić information content (AvgIpc) is 3.22. The molecular weight excluding hydrogens is 332 g/mol. The minimum atomic E-state index is -0.374. The Morgan fingerprint density at radius 3 is 2.81 bits per heavy atom. The number of carbonyl (C=O) groups is 2. The third-order valence-corrected chi connectivity index (χ3v) is 4.99. The van der Waals surface area contributed by atoms with E-state index in [0.717, 1.165) is 16.7 Å². The maximum absolute atomic E-state index is 13.0. The van der Waals surface area contributed by atoms with E-state index in [9.17, 15) is 9.59 Å². The molecule has 1 fully saturated rings.